The van der Waals surface area contributed by atoms with Gasteiger partial charge in [0.15, 0.2) is 0 Å². The molecule has 31 heavy (non-hydrogen) atoms. The third-order valence-electron chi connectivity index (χ3n) is 6.65. The monoisotopic (exact) mass is 538 g/mol. The lowest BCUT2D eigenvalue weighted by molar-refractivity contribution is 0.0591. The fraction of sp³-hybridized carbons (Fsp3) is 0.625. The van der Waals surface area contributed by atoms with Crippen molar-refractivity contribution < 1.29 is 9.53 Å². The maximum atomic E-state index is 13.0. The van der Waals surface area contributed by atoms with E-state index >= 15 is 0 Å². The molecule has 1 aromatic carbocycles. The van der Waals surface area contributed by atoms with E-state index < -0.39 is 0 Å². The standard InChI is InChI=1S/C24H35IN4O2/c1-16(2)27-9-11-28(12-10-27)24(30)22-14-18-13-19(5-6-21(18)26-22)31-20-7-8-29(17(3)4)23(25)15-20/h5-6,13-14,16-17,20,23,26H,7-12,15H2,1-4H3. The zero-order valence-electron chi connectivity index (χ0n) is 19.1. The molecule has 1 N–H and O–H groups in total. The number of rotatable bonds is 5. The molecule has 0 spiro atoms. The summed E-state index contributed by atoms with van der Waals surface area (Å²) in [5.74, 6) is 0.985. The van der Waals surface area contributed by atoms with Crippen molar-refractivity contribution in [1.29, 1.82) is 0 Å². The zero-order valence-corrected chi connectivity index (χ0v) is 21.3. The minimum absolute atomic E-state index is 0.0934. The summed E-state index contributed by atoms with van der Waals surface area (Å²) < 4.78 is 6.84. The molecule has 2 fully saturated rings. The third kappa shape index (κ3) is 5.20. The first-order valence-electron chi connectivity index (χ1n) is 11.5. The summed E-state index contributed by atoms with van der Waals surface area (Å²) in [6.07, 6.45) is 2.33. The third-order valence-corrected chi connectivity index (χ3v) is 7.87. The van der Waals surface area contributed by atoms with Crippen LogP contribution in [0.3, 0.4) is 0 Å². The van der Waals surface area contributed by atoms with E-state index in [9.17, 15) is 4.79 Å². The van der Waals surface area contributed by atoms with Gasteiger partial charge in [-0.15, -0.1) is 0 Å². The number of hydrogen-bond acceptors (Lipinski definition) is 4. The largest absolute Gasteiger partial charge is 0.490 e. The summed E-state index contributed by atoms with van der Waals surface area (Å²) in [7, 11) is 0. The first-order valence-corrected chi connectivity index (χ1v) is 12.8. The maximum absolute atomic E-state index is 13.0. The molecular formula is C24H35IN4O2. The van der Waals surface area contributed by atoms with E-state index in [1.165, 1.54) is 0 Å². The van der Waals surface area contributed by atoms with Crippen LogP contribution in [0.5, 0.6) is 5.75 Å². The molecule has 0 bridgehead atoms. The quantitative estimate of drug-likeness (QED) is 0.350. The molecule has 2 aliphatic heterocycles. The Bertz CT molecular complexity index is 904. The van der Waals surface area contributed by atoms with Gasteiger partial charge in [0, 0.05) is 62.1 Å². The lowest BCUT2D eigenvalue weighted by Crippen LogP contribution is -2.50. The minimum Gasteiger partial charge on any atom is -0.490 e. The van der Waals surface area contributed by atoms with Crippen LogP contribution in [0.2, 0.25) is 0 Å². The Morgan fingerprint density at radius 3 is 2.45 bits per heavy atom. The SMILES string of the molecule is CC(C)N1CCN(C(=O)c2cc3cc(OC4CCN(C(C)C)C(I)C4)ccc3[nH]2)CC1. The highest BCUT2D eigenvalue weighted by atomic mass is 127. The second-order valence-corrected chi connectivity index (χ2v) is 10.8. The second kappa shape index (κ2) is 9.67. The number of carbonyl (C=O) groups is 1. The Hall–Kier alpha value is -1.32. The average molecular weight is 538 g/mol. The number of hydrogen-bond donors (Lipinski definition) is 1. The predicted molar refractivity (Wildman–Crippen MR) is 134 cm³/mol. The van der Waals surface area contributed by atoms with Crippen LogP contribution >= 0.6 is 22.6 Å². The van der Waals surface area contributed by atoms with E-state index in [1.54, 1.807) is 0 Å². The lowest BCUT2D eigenvalue weighted by Gasteiger charge is -2.38. The number of H-pyrrole nitrogens is 1. The van der Waals surface area contributed by atoms with Gasteiger partial charge in [0.25, 0.3) is 5.91 Å². The number of piperidine rings is 1. The van der Waals surface area contributed by atoms with E-state index in [0.29, 0.717) is 21.8 Å². The molecule has 0 radical (unpaired) electrons. The van der Waals surface area contributed by atoms with Gasteiger partial charge in [-0.05, 0) is 58.4 Å². The van der Waals surface area contributed by atoms with Crippen molar-refractivity contribution in [2.45, 2.75) is 62.8 Å². The Kier molecular flexibility index (Phi) is 7.13. The van der Waals surface area contributed by atoms with Crippen molar-refractivity contribution in [2.75, 3.05) is 32.7 Å². The topological polar surface area (TPSA) is 51.8 Å². The van der Waals surface area contributed by atoms with Gasteiger partial charge in [0.2, 0.25) is 0 Å². The van der Waals surface area contributed by atoms with Crippen molar-refractivity contribution in [3.8, 4) is 5.75 Å². The van der Waals surface area contributed by atoms with Gasteiger partial charge in [-0.3, -0.25) is 14.6 Å². The van der Waals surface area contributed by atoms with Gasteiger partial charge < -0.3 is 14.6 Å². The lowest BCUT2D eigenvalue weighted by atomic mass is 10.1. The fourth-order valence-electron chi connectivity index (χ4n) is 4.70. The number of carbonyl (C=O) groups excluding carboxylic acids is 1. The Morgan fingerprint density at radius 2 is 1.81 bits per heavy atom. The number of ether oxygens (including phenoxy) is 1. The number of nitrogens with one attached hydrogen (secondary N) is 1. The van der Waals surface area contributed by atoms with E-state index in [0.717, 1.165) is 62.2 Å². The highest BCUT2D eigenvalue weighted by molar-refractivity contribution is 14.1. The van der Waals surface area contributed by atoms with Crippen LogP contribution in [-0.4, -0.2) is 80.6 Å². The zero-order chi connectivity index (χ0) is 22.1. The number of alkyl halides is 1. The van der Waals surface area contributed by atoms with Crippen molar-refractivity contribution in [3.63, 3.8) is 0 Å². The van der Waals surface area contributed by atoms with Crippen LogP contribution in [0.4, 0.5) is 0 Å². The summed E-state index contributed by atoms with van der Waals surface area (Å²) in [5, 5.41) is 1.03. The molecule has 2 aliphatic rings. The van der Waals surface area contributed by atoms with Crippen LogP contribution in [0.25, 0.3) is 10.9 Å². The van der Waals surface area contributed by atoms with E-state index in [-0.39, 0.29) is 12.0 Å². The van der Waals surface area contributed by atoms with E-state index in [1.807, 2.05) is 23.1 Å². The first-order chi connectivity index (χ1) is 14.8. The molecule has 6 nitrogen and oxygen atoms in total. The molecule has 2 aromatic rings. The van der Waals surface area contributed by atoms with Crippen molar-refractivity contribution in [1.82, 2.24) is 19.7 Å². The summed E-state index contributed by atoms with van der Waals surface area (Å²) in [4.78, 5) is 23.2. The smallest absolute Gasteiger partial charge is 0.270 e. The number of aromatic nitrogens is 1. The normalized spacial score (nSPS) is 23.8. The molecule has 170 valence electrons. The molecule has 2 saturated heterocycles. The van der Waals surface area contributed by atoms with Crippen molar-refractivity contribution >= 4 is 39.4 Å². The van der Waals surface area contributed by atoms with Crippen LogP contribution in [0.15, 0.2) is 24.3 Å². The summed E-state index contributed by atoms with van der Waals surface area (Å²) in [5.41, 5.74) is 1.65. The van der Waals surface area contributed by atoms with Crippen LogP contribution < -0.4 is 4.74 Å². The number of fused-ring (bicyclic) bond motifs is 1. The second-order valence-electron chi connectivity index (χ2n) is 9.38. The molecule has 0 saturated carbocycles. The van der Waals surface area contributed by atoms with Crippen LogP contribution in [-0.2, 0) is 0 Å². The van der Waals surface area contributed by atoms with Gasteiger partial charge in [-0.25, -0.2) is 0 Å². The summed E-state index contributed by atoms with van der Waals surface area (Å²) >= 11 is 2.54. The van der Waals surface area contributed by atoms with Gasteiger partial charge >= 0.3 is 0 Å². The number of aromatic amines is 1. The molecule has 2 unspecified atom stereocenters. The Morgan fingerprint density at radius 1 is 1.06 bits per heavy atom. The van der Waals surface area contributed by atoms with E-state index in [4.69, 9.17) is 4.74 Å². The number of benzene rings is 1. The predicted octanol–water partition coefficient (Wildman–Crippen LogP) is 4.35. The van der Waals surface area contributed by atoms with Gasteiger partial charge in [0.05, 0.1) is 4.05 Å². The van der Waals surface area contributed by atoms with Gasteiger partial charge in [0.1, 0.15) is 17.5 Å². The van der Waals surface area contributed by atoms with E-state index in [2.05, 4.69) is 71.1 Å². The molecule has 2 atom stereocenters. The minimum atomic E-state index is 0.0934. The number of halogens is 1. The molecule has 4 rings (SSSR count). The Labute approximate surface area is 199 Å². The molecule has 3 heterocycles. The Balaban J connectivity index is 1.40. The number of likely N-dealkylation sites (tertiary alicyclic amines) is 1. The number of piperazine rings is 1. The van der Waals surface area contributed by atoms with Crippen molar-refractivity contribution in [3.05, 3.63) is 30.0 Å². The molecule has 1 amide bonds. The van der Waals surface area contributed by atoms with Gasteiger partial charge in [-0.1, -0.05) is 22.6 Å². The highest BCUT2D eigenvalue weighted by Gasteiger charge is 2.29. The maximum Gasteiger partial charge on any atom is 0.270 e. The first kappa shape index (κ1) is 22.9. The van der Waals surface area contributed by atoms with Crippen LogP contribution in [0.1, 0.15) is 51.0 Å². The molecular weight excluding hydrogens is 503 g/mol. The van der Waals surface area contributed by atoms with Crippen LogP contribution in [0, 0.1) is 0 Å². The molecule has 7 heteroatoms. The highest BCUT2D eigenvalue weighted by Crippen LogP contribution is 2.29. The number of nitrogens with zero attached hydrogens (tertiary/aromatic N) is 3. The summed E-state index contributed by atoms with van der Waals surface area (Å²) in [6, 6.07) is 9.19. The van der Waals surface area contributed by atoms with Gasteiger partial charge in [-0.2, -0.15) is 0 Å². The summed E-state index contributed by atoms with van der Waals surface area (Å²) in [6.45, 7) is 13.5. The molecule has 1 aromatic heterocycles. The fourth-order valence-corrected chi connectivity index (χ4v) is 6.18. The molecule has 0 aliphatic carbocycles. The number of amides is 1. The average Bonchev–Trinajstić information content (AvgIpc) is 3.16. The van der Waals surface area contributed by atoms with Crippen molar-refractivity contribution in [2.24, 2.45) is 0 Å².